The molecule has 0 atom stereocenters. The molecule has 0 aliphatic carbocycles. The van der Waals surface area contributed by atoms with Gasteiger partial charge in [0.05, 0.1) is 12.9 Å². The van der Waals surface area contributed by atoms with E-state index in [1.807, 2.05) is 60.7 Å². The topological polar surface area (TPSA) is 106 Å². The zero-order valence-corrected chi connectivity index (χ0v) is 22.4. The molecule has 0 bridgehead atoms. The van der Waals surface area contributed by atoms with Crippen LogP contribution in [0.5, 0.6) is 5.75 Å². The molecule has 0 spiro atoms. The largest absolute Gasteiger partial charge is 0.497 e. The van der Waals surface area contributed by atoms with Crippen LogP contribution in [0.4, 0.5) is 11.4 Å². The minimum Gasteiger partial charge on any atom is -0.497 e. The molecule has 0 unspecified atom stereocenters. The van der Waals surface area contributed by atoms with Crippen LogP contribution in [0.3, 0.4) is 0 Å². The van der Waals surface area contributed by atoms with Crippen LogP contribution in [-0.4, -0.2) is 39.9 Å². The summed E-state index contributed by atoms with van der Waals surface area (Å²) in [7, 11) is 1.59. The first-order valence-electron chi connectivity index (χ1n) is 12.4. The Morgan fingerprint density at radius 3 is 1.90 bits per heavy atom. The molecule has 0 saturated carbocycles. The van der Waals surface area contributed by atoms with Crippen molar-refractivity contribution >= 4 is 35.0 Å². The normalized spacial score (nSPS) is 10.5. The maximum atomic E-state index is 12.6. The highest BCUT2D eigenvalue weighted by Gasteiger charge is 2.15. The van der Waals surface area contributed by atoms with Gasteiger partial charge in [-0.2, -0.15) is 0 Å². The Bertz CT molecular complexity index is 1600. The second-order valence-electron chi connectivity index (χ2n) is 8.62. The van der Waals surface area contributed by atoms with Gasteiger partial charge in [-0.25, -0.2) is 4.98 Å². The molecule has 1 heterocycles. The molecule has 9 heteroatoms. The number of nitrogens with zero attached hydrogens (tertiary/aromatic N) is 3. The summed E-state index contributed by atoms with van der Waals surface area (Å²) < 4.78 is 5.13. The van der Waals surface area contributed by atoms with Crippen molar-refractivity contribution < 1.29 is 14.3 Å². The third-order valence-electron chi connectivity index (χ3n) is 5.87. The number of benzene rings is 4. The minimum atomic E-state index is -0.253. The van der Waals surface area contributed by atoms with Crippen LogP contribution in [-0.2, 0) is 4.79 Å². The number of amides is 2. The summed E-state index contributed by atoms with van der Waals surface area (Å²) in [5.74, 6) is 0.328. The molecule has 2 amide bonds. The quantitative estimate of drug-likeness (QED) is 0.212. The number of nitrogens with one attached hydrogen (secondary N) is 2. The molecular weight excluding hydrogens is 522 g/mol. The molecule has 5 aromatic rings. The van der Waals surface area contributed by atoms with E-state index >= 15 is 0 Å². The van der Waals surface area contributed by atoms with E-state index in [0.29, 0.717) is 39.2 Å². The highest BCUT2D eigenvalue weighted by Crippen LogP contribution is 2.29. The summed E-state index contributed by atoms with van der Waals surface area (Å²) in [6.45, 7) is 0. The van der Waals surface area contributed by atoms with Gasteiger partial charge in [0.15, 0.2) is 0 Å². The molecule has 0 aliphatic heterocycles. The number of ether oxygens (including phenoxy) is 1. The van der Waals surface area contributed by atoms with E-state index < -0.39 is 0 Å². The molecule has 0 fully saturated rings. The zero-order valence-electron chi connectivity index (χ0n) is 21.6. The zero-order chi connectivity index (χ0) is 27.7. The predicted molar refractivity (Wildman–Crippen MR) is 157 cm³/mol. The summed E-state index contributed by atoms with van der Waals surface area (Å²) in [4.78, 5) is 29.9. The van der Waals surface area contributed by atoms with Gasteiger partial charge in [0.1, 0.15) is 17.1 Å². The van der Waals surface area contributed by atoms with E-state index in [1.165, 1.54) is 11.8 Å². The van der Waals surface area contributed by atoms with Gasteiger partial charge in [-0.3, -0.25) is 9.59 Å². The van der Waals surface area contributed by atoms with Crippen molar-refractivity contribution in [3.63, 3.8) is 0 Å². The third kappa shape index (κ3) is 6.69. The average Bonchev–Trinajstić information content (AvgIpc) is 3.01. The second-order valence-corrected chi connectivity index (χ2v) is 9.56. The number of anilines is 2. The van der Waals surface area contributed by atoms with Crippen LogP contribution < -0.4 is 15.4 Å². The number of carbonyl (C=O) groups is 2. The molecule has 40 heavy (non-hydrogen) atoms. The Morgan fingerprint density at radius 2 is 1.27 bits per heavy atom. The summed E-state index contributed by atoms with van der Waals surface area (Å²) in [5, 5.41) is 14.8. The third-order valence-corrected chi connectivity index (χ3v) is 6.71. The van der Waals surface area contributed by atoms with E-state index in [-0.39, 0.29) is 17.6 Å². The lowest BCUT2D eigenvalue weighted by atomic mass is 10.0. The van der Waals surface area contributed by atoms with Crippen molar-refractivity contribution in [2.75, 3.05) is 23.5 Å². The maximum absolute atomic E-state index is 12.6. The molecular formula is C31H25N5O3S. The molecule has 0 aliphatic rings. The van der Waals surface area contributed by atoms with E-state index in [4.69, 9.17) is 9.72 Å². The SMILES string of the molecule is COc1ccc(NC(=O)c2ccc(NC(=O)CSc3nnc(-c4ccccc4)c(-c4ccccc4)n3)cc2)cc1. The van der Waals surface area contributed by atoms with Gasteiger partial charge < -0.3 is 15.4 Å². The minimum absolute atomic E-state index is 0.0975. The smallest absolute Gasteiger partial charge is 0.255 e. The van der Waals surface area contributed by atoms with Crippen molar-refractivity contribution in [1.82, 2.24) is 15.2 Å². The van der Waals surface area contributed by atoms with Crippen molar-refractivity contribution in [2.45, 2.75) is 5.16 Å². The van der Waals surface area contributed by atoms with Crippen molar-refractivity contribution in [1.29, 1.82) is 0 Å². The molecule has 5 rings (SSSR count). The van der Waals surface area contributed by atoms with Gasteiger partial charge in [0, 0.05) is 28.1 Å². The number of hydrogen-bond donors (Lipinski definition) is 2. The summed E-state index contributed by atoms with van der Waals surface area (Å²) in [6, 6.07) is 33.3. The second kappa shape index (κ2) is 12.7. The van der Waals surface area contributed by atoms with Gasteiger partial charge in [0.25, 0.3) is 5.91 Å². The molecule has 4 aromatic carbocycles. The number of carbonyl (C=O) groups excluding carboxylic acids is 2. The number of hydrogen-bond acceptors (Lipinski definition) is 7. The number of aromatic nitrogens is 3. The first-order chi connectivity index (χ1) is 19.6. The Hall–Kier alpha value is -5.02. The van der Waals surface area contributed by atoms with E-state index in [2.05, 4.69) is 20.8 Å². The number of rotatable bonds is 9. The average molecular weight is 548 g/mol. The van der Waals surface area contributed by atoms with Gasteiger partial charge in [-0.05, 0) is 48.5 Å². The van der Waals surface area contributed by atoms with Crippen LogP contribution >= 0.6 is 11.8 Å². The van der Waals surface area contributed by atoms with Gasteiger partial charge in [-0.1, -0.05) is 72.4 Å². The summed E-state index contributed by atoms with van der Waals surface area (Å²) >= 11 is 1.20. The Labute approximate surface area is 235 Å². The van der Waals surface area contributed by atoms with Crippen LogP contribution in [0.1, 0.15) is 10.4 Å². The molecule has 198 valence electrons. The van der Waals surface area contributed by atoms with Crippen molar-refractivity contribution in [3.8, 4) is 28.3 Å². The van der Waals surface area contributed by atoms with Crippen LogP contribution in [0.2, 0.25) is 0 Å². The molecule has 0 radical (unpaired) electrons. The number of thioether (sulfide) groups is 1. The highest BCUT2D eigenvalue weighted by molar-refractivity contribution is 7.99. The Kier molecular flexibility index (Phi) is 8.43. The van der Waals surface area contributed by atoms with Gasteiger partial charge >= 0.3 is 0 Å². The first-order valence-corrected chi connectivity index (χ1v) is 13.4. The molecule has 0 saturated heterocycles. The lowest BCUT2D eigenvalue weighted by Gasteiger charge is -2.10. The summed E-state index contributed by atoms with van der Waals surface area (Å²) in [5.41, 5.74) is 4.91. The fourth-order valence-electron chi connectivity index (χ4n) is 3.87. The Balaban J connectivity index is 1.21. The van der Waals surface area contributed by atoms with E-state index in [9.17, 15) is 9.59 Å². The maximum Gasteiger partial charge on any atom is 0.255 e. The monoisotopic (exact) mass is 547 g/mol. The first kappa shape index (κ1) is 26.6. The van der Waals surface area contributed by atoms with E-state index in [0.717, 1.165) is 11.1 Å². The van der Waals surface area contributed by atoms with Crippen LogP contribution in [0, 0.1) is 0 Å². The lowest BCUT2D eigenvalue weighted by molar-refractivity contribution is -0.113. The standard InChI is InChI=1S/C31H25N5O3S/c1-39-26-18-16-25(17-19-26)33-30(38)23-12-14-24(15-13-23)32-27(37)20-40-31-34-28(21-8-4-2-5-9-21)29(35-36-31)22-10-6-3-7-11-22/h2-19H,20H2,1H3,(H,32,37)(H,33,38). The van der Waals surface area contributed by atoms with Crippen LogP contribution in [0.15, 0.2) is 114 Å². The summed E-state index contributed by atoms with van der Waals surface area (Å²) in [6.07, 6.45) is 0. The van der Waals surface area contributed by atoms with Crippen LogP contribution in [0.25, 0.3) is 22.5 Å². The highest BCUT2D eigenvalue weighted by atomic mass is 32.2. The van der Waals surface area contributed by atoms with Gasteiger partial charge in [0.2, 0.25) is 11.1 Å². The van der Waals surface area contributed by atoms with Crippen molar-refractivity contribution in [2.24, 2.45) is 0 Å². The van der Waals surface area contributed by atoms with Crippen molar-refractivity contribution in [3.05, 3.63) is 115 Å². The molecule has 8 nitrogen and oxygen atoms in total. The molecule has 1 aromatic heterocycles. The predicted octanol–water partition coefficient (Wildman–Crippen LogP) is 6.20. The fraction of sp³-hybridized carbons (Fsp3) is 0.0645. The van der Waals surface area contributed by atoms with Gasteiger partial charge in [-0.15, -0.1) is 10.2 Å². The van der Waals surface area contributed by atoms with E-state index in [1.54, 1.807) is 55.6 Å². The fourth-order valence-corrected chi connectivity index (χ4v) is 4.46. The number of methoxy groups -OCH3 is 1. The Morgan fingerprint density at radius 1 is 0.700 bits per heavy atom. The lowest BCUT2D eigenvalue weighted by Crippen LogP contribution is -2.15. The molecule has 2 N–H and O–H groups in total.